The van der Waals surface area contributed by atoms with Gasteiger partial charge in [-0.25, -0.2) is 4.79 Å². The quantitative estimate of drug-likeness (QED) is 0.400. The Balaban J connectivity index is 2.15. The number of hydrogen-bond donors (Lipinski definition) is 3. The summed E-state index contributed by atoms with van der Waals surface area (Å²) in [5, 5.41) is 8.38. The standard InChI is InChI=1S/C26H43N3O6/c1-16-12-10-8-7-9-11-13-19(29-25(33)35-26(4,5)6)23(31)27-18(3)22(30)28-20(14-16)21-15-17(2)24(32)34-21/h7-8,16-21H,9-15H2,1-6H3,(H,27,31)(H,28,30)(H,29,33)/t16-,17-,18+,19+,20+,21+/m1/s1. The maximum Gasteiger partial charge on any atom is 0.408 e. The van der Waals surface area contributed by atoms with E-state index in [4.69, 9.17) is 9.47 Å². The highest BCUT2D eigenvalue weighted by Crippen LogP contribution is 2.27. The van der Waals surface area contributed by atoms with E-state index in [1.54, 1.807) is 27.7 Å². The highest BCUT2D eigenvalue weighted by Gasteiger charge is 2.38. The van der Waals surface area contributed by atoms with Crippen molar-refractivity contribution < 1.29 is 28.7 Å². The van der Waals surface area contributed by atoms with Gasteiger partial charge in [0.05, 0.1) is 12.0 Å². The summed E-state index contributed by atoms with van der Waals surface area (Å²) in [4.78, 5) is 50.3. The summed E-state index contributed by atoms with van der Waals surface area (Å²) in [5.41, 5.74) is -0.692. The van der Waals surface area contributed by atoms with Gasteiger partial charge in [-0.2, -0.15) is 0 Å². The number of rotatable bonds is 2. The zero-order valence-corrected chi connectivity index (χ0v) is 22.0. The van der Waals surface area contributed by atoms with Crippen molar-refractivity contribution in [3.8, 4) is 0 Å². The summed E-state index contributed by atoms with van der Waals surface area (Å²) >= 11 is 0. The molecule has 3 N–H and O–H groups in total. The molecule has 0 aromatic rings. The van der Waals surface area contributed by atoms with Crippen LogP contribution in [-0.4, -0.2) is 53.7 Å². The first-order valence-corrected chi connectivity index (χ1v) is 12.8. The normalized spacial score (nSPS) is 31.8. The van der Waals surface area contributed by atoms with E-state index in [0.29, 0.717) is 31.6 Å². The number of ether oxygens (including phenoxy) is 2. The number of hydrogen-bond acceptors (Lipinski definition) is 6. The van der Waals surface area contributed by atoms with Crippen molar-refractivity contribution >= 4 is 23.9 Å². The van der Waals surface area contributed by atoms with Gasteiger partial charge in [0.25, 0.3) is 0 Å². The van der Waals surface area contributed by atoms with E-state index >= 15 is 0 Å². The first-order valence-electron chi connectivity index (χ1n) is 12.8. The lowest BCUT2D eigenvalue weighted by atomic mass is 9.91. The van der Waals surface area contributed by atoms with Crippen LogP contribution in [-0.2, 0) is 23.9 Å². The summed E-state index contributed by atoms with van der Waals surface area (Å²) in [6.45, 7) is 10.8. The van der Waals surface area contributed by atoms with E-state index in [0.717, 1.165) is 19.3 Å². The van der Waals surface area contributed by atoms with Crippen molar-refractivity contribution in [1.82, 2.24) is 16.0 Å². The lowest BCUT2D eigenvalue weighted by Gasteiger charge is -2.28. The minimum absolute atomic E-state index is 0.202. The molecule has 0 aliphatic carbocycles. The Bertz CT molecular complexity index is 790. The number of amides is 3. The van der Waals surface area contributed by atoms with Gasteiger partial charge in [0.1, 0.15) is 23.8 Å². The van der Waals surface area contributed by atoms with E-state index in [2.05, 4.69) is 35.0 Å². The molecule has 2 aliphatic rings. The average molecular weight is 494 g/mol. The minimum Gasteiger partial charge on any atom is -0.460 e. The first kappa shape index (κ1) is 28.7. The zero-order chi connectivity index (χ0) is 26.2. The molecule has 2 rings (SSSR count). The van der Waals surface area contributed by atoms with E-state index in [9.17, 15) is 19.2 Å². The van der Waals surface area contributed by atoms with Crippen molar-refractivity contribution in [2.24, 2.45) is 11.8 Å². The third-order valence-corrected chi connectivity index (χ3v) is 6.30. The summed E-state index contributed by atoms with van der Waals surface area (Å²) in [6.07, 6.45) is 8.15. The molecule has 0 radical (unpaired) electrons. The number of allylic oxidation sites excluding steroid dienone is 2. The highest BCUT2D eigenvalue weighted by atomic mass is 16.6. The molecule has 0 unspecified atom stereocenters. The molecule has 2 aliphatic heterocycles. The molecular formula is C26H43N3O6. The van der Waals surface area contributed by atoms with Crippen LogP contribution < -0.4 is 16.0 Å². The summed E-state index contributed by atoms with van der Waals surface area (Å²) in [5.74, 6) is -0.925. The molecule has 1 fully saturated rings. The van der Waals surface area contributed by atoms with Gasteiger partial charge in [-0.05, 0) is 78.6 Å². The van der Waals surface area contributed by atoms with Crippen molar-refractivity contribution in [1.29, 1.82) is 0 Å². The van der Waals surface area contributed by atoms with Gasteiger partial charge in [0.2, 0.25) is 11.8 Å². The Morgan fingerprint density at radius 3 is 2.31 bits per heavy atom. The summed E-state index contributed by atoms with van der Waals surface area (Å²) in [7, 11) is 0. The number of alkyl carbamates (subject to hydrolysis) is 1. The molecule has 9 heteroatoms. The zero-order valence-electron chi connectivity index (χ0n) is 22.0. The van der Waals surface area contributed by atoms with E-state index in [1.165, 1.54) is 0 Å². The number of carbonyl (C=O) groups is 4. The fourth-order valence-electron chi connectivity index (χ4n) is 4.32. The van der Waals surface area contributed by atoms with Gasteiger partial charge in [-0.15, -0.1) is 0 Å². The SMILES string of the molecule is C[C@@H]1CCC=CCCC[C@H](NC(=O)OC(C)(C)C)C(=O)N[C@@H](C)C(=O)N[C@H]([C@@H]2C[C@@H](C)C(=O)O2)C1. The molecule has 9 nitrogen and oxygen atoms in total. The van der Waals surface area contributed by atoms with E-state index < -0.39 is 29.7 Å². The van der Waals surface area contributed by atoms with Crippen LogP contribution in [0.25, 0.3) is 0 Å². The van der Waals surface area contributed by atoms with E-state index in [1.807, 2.05) is 6.92 Å². The molecule has 0 aromatic heterocycles. The Morgan fingerprint density at radius 1 is 1.00 bits per heavy atom. The highest BCUT2D eigenvalue weighted by molar-refractivity contribution is 5.91. The molecule has 2 heterocycles. The molecule has 0 bridgehead atoms. The van der Waals surface area contributed by atoms with Crippen LogP contribution in [0.15, 0.2) is 12.2 Å². The minimum atomic E-state index is -0.828. The molecule has 35 heavy (non-hydrogen) atoms. The lowest BCUT2D eigenvalue weighted by molar-refractivity contribution is -0.145. The van der Waals surface area contributed by atoms with Crippen molar-refractivity contribution in [2.75, 3.05) is 0 Å². The predicted octanol–water partition coefficient (Wildman–Crippen LogP) is 3.37. The van der Waals surface area contributed by atoms with Crippen molar-refractivity contribution in [2.45, 2.75) is 116 Å². The summed E-state index contributed by atoms with van der Waals surface area (Å²) in [6, 6.07) is -1.99. The largest absolute Gasteiger partial charge is 0.460 e. The average Bonchev–Trinajstić information content (AvgIpc) is 3.07. The first-order chi connectivity index (χ1) is 16.4. The maximum absolute atomic E-state index is 13.0. The molecule has 198 valence electrons. The number of nitrogens with one attached hydrogen (secondary N) is 3. The monoisotopic (exact) mass is 493 g/mol. The lowest BCUT2D eigenvalue weighted by Crippen LogP contribution is -2.55. The fraction of sp³-hybridized carbons (Fsp3) is 0.769. The molecule has 0 spiro atoms. The van der Waals surface area contributed by atoms with Crippen molar-refractivity contribution in [3.63, 3.8) is 0 Å². The Labute approximate surface area is 209 Å². The van der Waals surface area contributed by atoms with Gasteiger partial charge in [-0.1, -0.05) is 26.0 Å². The van der Waals surface area contributed by atoms with E-state index in [-0.39, 0.29) is 29.9 Å². The van der Waals surface area contributed by atoms with Crippen LogP contribution in [0.3, 0.4) is 0 Å². The number of carbonyl (C=O) groups excluding carboxylic acids is 4. The van der Waals surface area contributed by atoms with Gasteiger partial charge in [0, 0.05) is 0 Å². The van der Waals surface area contributed by atoms with Crippen LogP contribution in [0.2, 0.25) is 0 Å². The molecule has 0 aromatic carbocycles. The fourth-order valence-corrected chi connectivity index (χ4v) is 4.32. The van der Waals surface area contributed by atoms with Gasteiger partial charge >= 0.3 is 12.1 Å². The van der Waals surface area contributed by atoms with Gasteiger partial charge in [-0.3, -0.25) is 14.4 Å². The molecule has 1 saturated heterocycles. The molecule has 6 atom stereocenters. The van der Waals surface area contributed by atoms with Crippen LogP contribution >= 0.6 is 0 Å². The number of cyclic esters (lactones) is 1. The maximum atomic E-state index is 13.0. The summed E-state index contributed by atoms with van der Waals surface area (Å²) < 4.78 is 10.9. The van der Waals surface area contributed by atoms with Gasteiger partial charge in [0.15, 0.2) is 0 Å². The second-order valence-electron chi connectivity index (χ2n) is 11.0. The predicted molar refractivity (Wildman–Crippen MR) is 132 cm³/mol. The van der Waals surface area contributed by atoms with Crippen molar-refractivity contribution in [3.05, 3.63) is 12.2 Å². The van der Waals surface area contributed by atoms with Crippen LogP contribution in [0.5, 0.6) is 0 Å². The molecule has 3 amide bonds. The number of esters is 1. The molecule has 0 saturated carbocycles. The second-order valence-corrected chi connectivity index (χ2v) is 11.0. The Hall–Kier alpha value is -2.58. The third-order valence-electron chi connectivity index (χ3n) is 6.30. The molecular weight excluding hydrogens is 450 g/mol. The van der Waals surface area contributed by atoms with Gasteiger partial charge < -0.3 is 25.4 Å². The van der Waals surface area contributed by atoms with Crippen LogP contribution in [0.1, 0.15) is 86.5 Å². The second kappa shape index (κ2) is 12.9. The third kappa shape index (κ3) is 9.90. The topological polar surface area (TPSA) is 123 Å². The Morgan fingerprint density at radius 2 is 1.69 bits per heavy atom. The Kier molecular flexibility index (Phi) is 10.6. The smallest absolute Gasteiger partial charge is 0.408 e. The van der Waals surface area contributed by atoms with Crippen LogP contribution in [0, 0.1) is 11.8 Å². The van der Waals surface area contributed by atoms with Crippen LogP contribution in [0.4, 0.5) is 4.79 Å².